The van der Waals surface area contributed by atoms with Gasteiger partial charge in [0.25, 0.3) is 5.91 Å². The lowest BCUT2D eigenvalue weighted by atomic mass is 10.1. The van der Waals surface area contributed by atoms with Crippen LogP contribution in [0.4, 0.5) is 5.69 Å². The SMILES string of the molecule is NC(=O)c1c(Cl)cccc1N1CCCC1. The van der Waals surface area contributed by atoms with E-state index in [1.807, 2.05) is 12.1 Å². The van der Waals surface area contributed by atoms with Crippen molar-refractivity contribution in [2.45, 2.75) is 12.8 Å². The van der Waals surface area contributed by atoms with Gasteiger partial charge in [0.05, 0.1) is 16.3 Å². The maximum atomic E-state index is 11.3. The molecule has 1 aromatic rings. The molecule has 3 nitrogen and oxygen atoms in total. The Hall–Kier alpha value is -1.22. The molecule has 0 aliphatic carbocycles. The maximum absolute atomic E-state index is 11.3. The molecule has 1 amide bonds. The number of hydrogen-bond acceptors (Lipinski definition) is 2. The van der Waals surface area contributed by atoms with E-state index >= 15 is 0 Å². The maximum Gasteiger partial charge on any atom is 0.252 e. The third-order valence-corrected chi connectivity index (χ3v) is 3.00. The number of carbonyl (C=O) groups is 1. The number of rotatable bonds is 2. The molecule has 0 aromatic heterocycles. The zero-order valence-corrected chi connectivity index (χ0v) is 9.13. The van der Waals surface area contributed by atoms with E-state index in [4.69, 9.17) is 17.3 Å². The fourth-order valence-electron chi connectivity index (χ4n) is 1.98. The highest BCUT2D eigenvalue weighted by Gasteiger charge is 2.19. The zero-order valence-electron chi connectivity index (χ0n) is 8.37. The van der Waals surface area contributed by atoms with E-state index in [0.717, 1.165) is 31.6 Å². The Bertz CT molecular complexity index is 386. The number of nitrogens with zero attached hydrogens (tertiary/aromatic N) is 1. The predicted molar refractivity (Wildman–Crippen MR) is 61.4 cm³/mol. The van der Waals surface area contributed by atoms with Gasteiger partial charge in [-0.05, 0) is 25.0 Å². The minimum absolute atomic E-state index is 0.437. The smallest absolute Gasteiger partial charge is 0.252 e. The van der Waals surface area contributed by atoms with E-state index < -0.39 is 5.91 Å². The van der Waals surface area contributed by atoms with Crippen molar-refractivity contribution in [1.29, 1.82) is 0 Å². The van der Waals surface area contributed by atoms with Gasteiger partial charge < -0.3 is 10.6 Å². The third-order valence-electron chi connectivity index (χ3n) is 2.68. The van der Waals surface area contributed by atoms with Gasteiger partial charge in [-0.2, -0.15) is 0 Å². The Kier molecular flexibility index (Phi) is 2.82. The molecule has 0 unspecified atom stereocenters. The second-order valence-electron chi connectivity index (χ2n) is 3.69. The normalized spacial score (nSPS) is 15.7. The first-order chi connectivity index (χ1) is 7.20. The number of amides is 1. The van der Waals surface area contributed by atoms with Gasteiger partial charge in [-0.1, -0.05) is 17.7 Å². The van der Waals surface area contributed by atoms with E-state index in [0.29, 0.717) is 10.6 Å². The molecule has 0 radical (unpaired) electrons. The van der Waals surface area contributed by atoms with Gasteiger partial charge in [-0.3, -0.25) is 4.79 Å². The highest BCUT2D eigenvalue weighted by molar-refractivity contribution is 6.34. The molecule has 1 aromatic carbocycles. The van der Waals surface area contributed by atoms with Crippen molar-refractivity contribution < 1.29 is 4.79 Å². The Morgan fingerprint density at radius 3 is 2.60 bits per heavy atom. The molecule has 4 heteroatoms. The summed E-state index contributed by atoms with van der Waals surface area (Å²) >= 11 is 5.98. The zero-order chi connectivity index (χ0) is 10.8. The standard InChI is InChI=1S/C11H13ClN2O/c12-8-4-3-5-9(10(8)11(13)15)14-6-1-2-7-14/h3-5H,1-2,6-7H2,(H2,13,15). The van der Waals surface area contributed by atoms with Crippen molar-refractivity contribution in [3.63, 3.8) is 0 Å². The number of carbonyl (C=O) groups excluding carboxylic acids is 1. The van der Waals surface area contributed by atoms with Gasteiger partial charge in [0.1, 0.15) is 0 Å². The number of halogens is 1. The van der Waals surface area contributed by atoms with Crippen molar-refractivity contribution >= 4 is 23.2 Å². The molecular formula is C11H13ClN2O. The molecule has 0 atom stereocenters. The molecule has 80 valence electrons. The number of benzene rings is 1. The lowest BCUT2D eigenvalue weighted by molar-refractivity contribution is 0.100. The quantitative estimate of drug-likeness (QED) is 0.836. The minimum Gasteiger partial charge on any atom is -0.371 e. The summed E-state index contributed by atoms with van der Waals surface area (Å²) in [6.45, 7) is 1.95. The Balaban J connectivity index is 2.45. The molecule has 1 aliphatic heterocycles. The van der Waals surface area contributed by atoms with Gasteiger partial charge in [0.15, 0.2) is 0 Å². The van der Waals surface area contributed by atoms with Crippen molar-refractivity contribution in [3.8, 4) is 0 Å². The number of primary amides is 1. The topological polar surface area (TPSA) is 46.3 Å². The second kappa shape index (κ2) is 4.11. The molecule has 1 aliphatic rings. The van der Waals surface area contributed by atoms with Crippen molar-refractivity contribution in [2.24, 2.45) is 5.73 Å². The van der Waals surface area contributed by atoms with Gasteiger partial charge >= 0.3 is 0 Å². The molecule has 2 rings (SSSR count). The molecule has 15 heavy (non-hydrogen) atoms. The van der Waals surface area contributed by atoms with Crippen molar-refractivity contribution in [1.82, 2.24) is 0 Å². The molecule has 0 spiro atoms. The van der Waals surface area contributed by atoms with Crippen molar-refractivity contribution in [2.75, 3.05) is 18.0 Å². The largest absolute Gasteiger partial charge is 0.371 e. The monoisotopic (exact) mass is 224 g/mol. The summed E-state index contributed by atoms with van der Waals surface area (Å²) in [5, 5.41) is 0.437. The predicted octanol–water partition coefficient (Wildman–Crippen LogP) is 2.04. The molecule has 1 saturated heterocycles. The first-order valence-electron chi connectivity index (χ1n) is 5.03. The van der Waals surface area contributed by atoms with E-state index in [-0.39, 0.29) is 0 Å². The summed E-state index contributed by atoms with van der Waals surface area (Å²) < 4.78 is 0. The number of hydrogen-bond donors (Lipinski definition) is 1. The van der Waals surface area contributed by atoms with Crippen LogP contribution in [0.2, 0.25) is 5.02 Å². The molecule has 0 saturated carbocycles. The summed E-state index contributed by atoms with van der Waals surface area (Å²) in [4.78, 5) is 13.5. The third kappa shape index (κ3) is 1.92. The second-order valence-corrected chi connectivity index (χ2v) is 4.10. The summed E-state index contributed by atoms with van der Waals surface area (Å²) in [5.41, 5.74) is 6.65. The van der Waals surface area contributed by atoms with Crippen molar-refractivity contribution in [3.05, 3.63) is 28.8 Å². The van der Waals surface area contributed by atoms with Gasteiger partial charge in [0, 0.05) is 13.1 Å². The first kappa shape index (κ1) is 10.3. The van der Waals surface area contributed by atoms with Gasteiger partial charge in [-0.15, -0.1) is 0 Å². The van der Waals surface area contributed by atoms with Crippen LogP contribution in [0.15, 0.2) is 18.2 Å². The fraction of sp³-hybridized carbons (Fsp3) is 0.364. The molecular weight excluding hydrogens is 212 g/mol. The van der Waals surface area contributed by atoms with Crippen LogP contribution in [-0.4, -0.2) is 19.0 Å². The van der Waals surface area contributed by atoms with E-state index in [2.05, 4.69) is 4.90 Å². The minimum atomic E-state index is -0.456. The summed E-state index contributed by atoms with van der Waals surface area (Å²) in [6.07, 6.45) is 2.31. The van der Waals surface area contributed by atoms with E-state index in [1.54, 1.807) is 6.07 Å². The molecule has 2 N–H and O–H groups in total. The van der Waals surface area contributed by atoms with Crippen LogP contribution in [0.25, 0.3) is 0 Å². The lowest BCUT2D eigenvalue weighted by Gasteiger charge is -2.20. The number of anilines is 1. The van der Waals surface area contributed by atoms with Crippen LogP contribution in [0.3, 0.4) is 0 Å². The highest BCUT2D eigenvalue weighted by Crippen LogP contribution is 2.29. The van der Waals surface area contributed by atoms with Crippen LogP contribution < -0.4 is 10.6 Å². The van der Waals surface area contributed by atoms with Crippen LogP contribution >= 0.6 is 11.6 Å². The molecule has 1 heterocycles. The van der Waals surface area contributed by atoms with Gasteiger partial charge in [0.2, 0.25) is 0 Å². The Morgan fingerprint density at radius 2 is 2.00 bits per heavy atom. The number of nitrogens with two attached hydrogens (primary N) is 1. The lowest BCUT2D eigenvalue weighted by Crippen LogP contribution is -2.23. The highest BCUT2D eigenvalue weighted by atomic mass is 35.5. The molecule has 1 fully saturated rings. The first-order valence-corrected chi connectivity index (χ1v) is 5.41. The molecule has 0 bridgehead atoms. The summed E-state index contributed by atoms with van der Waals surface area (Å²) in [5.74, 6) is -0.456. The van der Waals surface area contributed by atoms with E-state index in [1.165, 1.54) is 0 Å². The van der Waals surface area contributed by atoms with Crippen LogP contribution in [0, 0.1) is 0 Å². The average Bonchev–Trinajstić information content (AvgIpc) is 2.69. The van der Waals surface area contributed by atoms with Crippen LogP contribution in [0.5, 0.6) is 0 Å². The average molecular weight is 225 g/mol. The van der Waals surface area contributed by atoms with Crippen LogP contribution in [0.1, 0.15) is 23.2 Å². The van der Waals surface area contributed by atoms with E-state index in [9.17, 15) is 4.79 Å². The van der Waals surface area contributed by atoms with Gasteiger partial charge in [-0.25, -0.2) is 0 Å². The fourth-order valence-corrected chi connectivity index (χ4v) is 2.24. The Labute approximate surface area is 93.8 Å². The Morgan fingerprint density at radius 1 is 1.33 bits per heavy atom. The van der Waals surface area contributed by atoms with Crippen LogP contribution in [-0.2, 0) is 0 Å². The summed E-state index contributed by atoms with van der Waals surface area (Å²) in [6, 6.07) is 5.45. The summed E-state index contributed by atoms with van der Waals surface area (Å²) in [7, 11) is 0.